The van der Waals surface area contributed by atoms with Crippen LogP contribution < -0.4 is 5.56 Å². The van der Waals surface area contributed by atoms with Crippen molar-refractivity contribution in [3.8, 4) is 0 Å². The highest BCUT2D eigenvalue weighted by molar-refractivity contribution is 9.10. The van der Waals surface area contributed by atoms with Gasteiger partial charge >= 0.3 is 0 Å². The summed E-state index contributed by atoms with van der Waals surface area (Å²) in [5.74, 6) is 0. The van der Waals surface area contributed by atoms with E-state index in [-0.39, 0.29) is 5.56 Å². The summed E-state index contributed by atoms with van der Waals surface area (Å²) in [6.45, 7) is 0.782. The Bertz CT molecular complexity index is 424. The highest BCUT2D eigenvalue weighted by Gasteiger charge is 2.26. The maximum Gasteiger partial charge on any atom is 0.254 e. The topological polar surface area (TPSA) is 34.9 Å². The Morgan fingerprint density at radius 3 is 3.25 bits per heavy atom. The van der Waals surface area contributed by atoms with E-state index >= 15 is 0 Å². The molecule has 2 atom stereocenters. The first kappa shape index (κ1) is 12.6. The van der Waals surface area contributed by atoms with Crippen LogP contribution in [-0.2, 0) is 6.54 Å². The average Bonchev–Trinajstić information content (AvgIpc) is 2.29. The van der Waals surface area contributed by atoms with Crippen LogP contribution in [0.1, 0.15) is 12.8 Å². The molecule has 0 aliphatic carbocycles. The molecule has 3 nitrogen and oxygen atoms in total. The van der Waals surface area contributed by atoms with Crippen LogP contribution in [0.15, 0.2) is 22.2 Å². The van der Waals surface area contributed by atoms with Crippen LogP contribution in [0.5, 0.6) is 0 Å². The minimum atomic E-state index is 0.0579. The fourth-order valence-electron chi connectivity index (χ4n) is 1.71. The lowest BCUT2D eigenvalue weighted by molar-refractivity contribution is 0.516. The first-order valence-electron chi connectivity index (χ1n) is 5.15. The van der Waals surface area contributed by atoms with Gasteiger partial charge in [-0.05, 0) is 12.8 Å². The zero-order valence-corrected chi connectivity index (χ0v) is 12.6. The van der Waals surface area contributed by atoms with E-state index in [1.165, 1.54) is 6.07 Å². The molecular formula is C10H12Br2N2OS. The minimum absolute atomic E-state index is 0.0579. The molecule has 1 aliphatic heterocycles. The predicted octanol–water partition coefficient (Wildman–Crippen LogP) is 2.66. The Labute approximate surface area is 115 Å². The number of halogens is 2. The van der Waals surface area contributed by atoms with Crippen LogP contribution in [0, 0.1) is 0 Å². The molecule has 2 rings (SSSR count). The van der Waals surface area contributed by atoms with E-state index in [1.54, 1.807) is 22.5 Å². The SMILES string of the molecule is O=c1ccnc2n1CCC(C(Br)CCBr)S2. The van der Waals surface area contributed by atoms with Gasteiger partial charge in [-0.2, -0.15) is 0 Å². The molecule has 1 aromatic rings. The first-order valence-corrected chi connectivity index (χ1v) is 8.06. The number of hydrogen-bond donors (Lipinski definition) is 0. The maximum atomic E-state index is 11.6. The van der Waals surface area contributed by atoms with Crippen LogP contribution >= 0.6 is 43.6 Å². The molecule has 0 fully saturated rings. The molecule has 0 bridgehead atoms. The third kappa shape index (κ3) is 2.71. The quantitative estimate of drug-likeness (QED) is 0.608. The highest BCUT2D eigenvalue weighted by atomic mass is 79.9. The normalized spacial score (nSPS) is 21.5. The fraction of sp³-hybridized carbons (Fsp3) is 0.600. The summed E-state index contributed by atoms with van der Waals surface area (Å²) in [6, 6.07) is 1.52. The van der Waals surface area contributed by atoms with Crippen molar-refractivity contribution in [2.75, 3.05) is 5.33 Å². The summed E-state index contributed by atoms with van der Waals surface area (Å²) in [4.78, 5) is 16.3. The summed E-state index contributed by atoms with van der Waals surface area (Å²) in [6.07, 6.45) is 3.71. The molecule has 1 aromatic heterocycles. The highest BCUT2D eigenvalue weighted by Crippen LogP contribution is 2.34. The van der Waals surface area contributed by atoms with E-state index < -0.39 is 0 Å². The van der Waals surface area contributed by atoms with Crippen molar-refractivity contribution in [3.63, 3.8) is 0 Å². The number of alkyl halides is 2. The van der Waals surface area contributed by atoms with Gasteiger partial charge in [0, 0.05) is 34.2 Å². The molecule has 16 heavy (non-hydrogen) atoms. The van der Waals surface area contributed by atoms with E-state index in [9.17, 15) is 4.79 Å². The Kier molecular flexibility index (Phi) is 4.49. The molecule has 0 radical (unpaired) electrons. The minimum Gasteiger partial charge on any atom is -0.288 e. The summed E-state index contributed by atoms with van der Waals surface area (Å²) in [5.41, 5.74) is 0.0579. The third-order valence-electron chi connectivity index (χ3n) is 2.58. The monoisotopic (exact) mass is 366 g/mol. The molecule has 0 aromatic carbocycles. The van der Waals surface area contributed by atoms with Gasteiger partial charge in [-0.1, -0.05) is 43.6 Å². The standard InChI is InChI=1S/C10H12Br2N2OS/c11-4-1-7(12)8-3-6-14-9(15)2-5-13-10(14)16-8/h2,5,7-8H,1,3-4,6H2. The van der Waals surface area contributed by atoms with E-state index in [0.717, 1.165) is 29.9 Å². The van der Waals surface area contributed by atoms with Crippen molar-refractivity contribution in [1.29, 1.82) is 0 Å². The van der Waals surface area contributed by atoms with Crippen LogP contribution in [-0.4, -0.2) is 25.0 Å². The summed E-state index contributed by atoms with van der Waals surface area (Å²) in [7, 11) is 0. The Hall–Kier alpha value is 0.190. The van der Waals surface area contributed by atoms with Crippen molar-refractivity contribution in [2.24, 2.45) is 0 Å². The van der Waals surface area contributed by atoms with Crippen LogP contribution in [0.2, 0.25) is 0 Å². The van der Waals surface area contributed by atoms with E-state index in [2.05, 4.69) is 36.8 Å². The molecule has 0 amide bonds. The number of fused-ring (bicyclic) bond motifs is 1. The molecule has 0 N–H and O–H groups in total. The number of nitrogens with zero attached hydrogens (tertiary/aromatic N) is 2. The molecule has 6 heteroatoms. The molecular weight excluding hydrogens is 356 g/mol. The molecule has 88 valence electrons. The summed E-state index contributed by atoms with van der Waals surface area (Å²) >= 11 is 8.86. The Balaban J connectivity index is 2.15. The van der Waals surface area contributed by atoms with Gasteiger partial charge in [0.25, 0.3) is 5.56 Å². The molecule has 2 unspecified atom stereocenters. The summed E-state index contributed by atoms with van der Waals surface area (Å²) < 4.78 is 1.76. The van der Waals surface area contributed by atoms with Gasteiger partial charge in [0.05, 0.1) is 0 Å². The van der Waals surface area contributed by atoms with E-state index in [4.69, 9.17) is 0 Å². The lowest BCUT2D eigenvalue weighted by Crippen LogP contribution is -2.31. The number of aromatic nitrogens is 2. The van der Waals surface area contributed by atoms with Gasteiger partial charge < -0.3 is 0 Å². The second-order valence-electron chi connectivity index (χ2n) is 3.66. The van der Waals surface area contributed by atoms with Gasteiger partial charge in [0.15, 0.2) is 5.16 Å². The largest absolute Gasteiger partial charge is 0.288 e. The number of hydrogen-bond acceptors (Lipinski definition) is 3. The third-order valence-corrected chi connectivity index (χ3v) is 5.89. The second-order valence-corrected chi connectivity index (χ2v) is 6.83. The van der Waals surface area contributed by atoms with Gasteiger partial charge in [-0.3, -0.25) is 9.36 Å². The van der Waals surface area contributed by atoms with Crippen LogP contribution in [0.4, 0.5) is 0 Å². The lowest BCUT2D eigenvalue weighted by Gasteiger charge is -2.27. The lowest BCUT2D eigenvalue weighted by atomic mass is 10.2. The average molecular weight is 368 g/mol. The Morgan fingerprint density at radius 2 is 2.50 bits per heavy atom. The summed E-state index contributed by atoms with van der Waals surface area (Å²) in [5, 5.41) is 2.35. The molecule has 1 aliphatic rings. The molecule has 0 spiro atoms. The van der Waals surface area contributed by atoms with E-state index in [1.807, 2.05) is 0 Å². The van der Waals surface area contributed by atoms with Gasteiger partial charge in [-0.15, -0.1) is 0 Å². The number of rotatable bonds is 3. The fourth-order valence-corrected chi connectivity index (χ4v) is 4.85. The van der Waals surface area contributed by atoms with Crippen molar-refractivity contribution in [3.05, 3.63) is 22.6 Å². The van der Waals surface area contributed by atoms with Crippen molar-refractivity contribution in [1.82, 2.24) is 9.55 Å². The zero-order valence-electron chi connectivity index (χ0n) is 8.60. The molecule has 0 saturated carbocycles. The first-order chi connectivity index (χ1) is 7.72. The van der Waals surface area contributed by atoms with E-state index in [0.29, 0.717) is 10.1 Å². The smallest absolute Gasteiger partial charge is 0.254 e. The Morgan fingerprint density at radius 1 is 1.69 bits per heavy atom. The second kappa shape index (κ2) is 5.69. The van der Waals surface area contributed by atoms with Gasteiger partial charge in [0.2, 0.25) is 0 Å². The van der Waals surface area contributed by atoms with Crippen LogP contribution in [0.25, 0.3) is 0 Å². The van der Waals surface area contributed by atoms with Crippen molar-refractivity contribution < 1.29 is 0 Å². The number of thioether (sulfide) groups is 1. The van der Waals surface area contributed by atoms with Crippen molar-refractivity contribution >= 4 is 43.6 Å². The van der Waals surface area contributed by atoms with Gasteiger partial charge in [-0.25, -0.2) is 4.98 Å². The molecule has 2 heterocycles. The van der Waals surface area contributed by atoms with Crippen molar-refractivity contribution in [2.45, 2.75) is 34.6 Å². The maximum absolute atomic E-state index is 11.6. The van der Waals surface area contributed by atoms with Crippen LogP contribution in [0.3, 0.4) is 0 Å². The van der Waals surface area contributed by atoms with Gasteiger partial charge in [0.1, 0.15) is 0 Å². The zero-order chi connectivity index (χ0) is 11.5. The molecule has 0 saturated heterocycles. The predicted molar refractivity (Wildman–Crippen MR) is 73.9 cm³/mol.